The lowest BCUT2D eigenvalue weighted by Gasteiger charge is -2.27. The number of aliphatic hydroxyl groups is 1. The number of aliphatic hydroxyl groups excluding tert-OH is 1. The highest BCUT2D eigenvalue weighted by Crippen LogP contribution is 2.23. The molecule has 0 aromatic heterocycles. The van der Waals surface area contributed by atoms with E-state index in [1.54, 1.807) is 31.3 Å². The lowest BCUT2D eigenvalue weighted by molar-refractivity contribution is -0.113. The Kier molecular flexibility index (Phi) is 5.93. The molecule has 0 saturated heterocycles. The zero-order valence-electron chi connectivity index (χ0n) is 13.5. The number of nitrogens with zero attached hydrogens (tertiary/aromatic N) is 1. The highest BCUT2D eigenvalue weighted by atomic mass is 16.3. The quantitative estimate of drug-likeness (QED) is 0.818. The Morgan fingerprint density at radius 1 is 1.30 bits per heavy atom. The highest BCUT2D eigenvalue weighted by Gasteiger charge is 2.23. The first-order valence-electron chi connectivity index (χ1n) is 7.99. The average molecular weight is 316 g/mol. The summed E-state index contributed by atoms with van der Waals surface area (Å²) in [5, 5.41) is 12.8. The molecule has 0 bridgehead atoms. The lowest BCUT2D eigenvalue weighted by atomic mass is 9.86. The van der Waals surface area contributed by atoms with Crippen LogP contribution in [0.2, 0.25) is 0 Å². The Morgan fingerprint density at radius 3 is 2.57 bits per heavy atom. The van der Waals surface area contributed by atoms with Crippen LogP contribution in [0.5, 0.6) is 0 Å². The van der Waals surface area contributed by atoms with Crippen molar-refractivity contribution in [1.29, 1.82) is 0 Å². The molecule has 1 aliphatic carbocycles. The number of anilines is 1. The number of carbonyl (C=O) groups is 2. The maximum absolute atomic E-state index is 12.2. The van der Waals surface area contributed by atoms with Crippen molar-refractivity contribution in [2.45, 2.75) is 31.8 Å². The summed E-state index contributed by atoms with van der Waals surface area (Å²) in [7, 11) is 1.66. The van der Waals surface area contributed by atoms with Gasteiger partial charge >= 0.3 is 0 Å². The smallest absolute Gasteiger partial charge is 0.251 e. The van der Waals surface area contributed by atoms with Crippen LogP contribution in [-0.2, 0) is 4.79 Å². The first-order chi connectivity index (χ1) is 11.0. The molecule has 5 nitrogen and oxygen atoms in total. The monoisotopic (exact) mass is 316 g/mol. The van der Waals surface area contributed by atoms with Gasteiger partial charge in [-0.15, -0.1) is 0 Å². The van der Waals surface area contributed by atoms with Crippen LogP contribution in [0.15, 0.2) is 36.9 Å². The molecule has 23 heavy (non-hydrogen) atoms. The summed E-state index contributed by atoms with van der Waals surface area (Å²) < 4.78 is 0. The molecule has 0 heterocycles. The molecule has 124 valence electrons. The van der Waals surface area contributed by atoms with E-state index in [2.05, 4.69) is 11.9 Å². The second-order valence-corrected chi connectivity index (χ2v) is 5.97. The molecule has 2 rings (SSSR count). The molecule has 2 atom stereocenters. The molecule has 1 aromatic carbocycles. The highest BCUT2D eigenvalue weighted by molar-refractivity contribution is 6.01. The summed E-state index contributed by atoms with van der Waals surface area (Å²) in [6.07, 6.45) is 4.87. The van der Waals surface area contributed by atoms with Gasteiger partial charge in [0.15, 0.2) is 0 Å². The third-order valence-corrected chi connectivity index (χ3v) is 4.42. The Balaban J connectivity index is 1.92. The zero-order chi connectivity index (χ0) is 16.8. The third kappa shape index (κ3) is 4.42. The molecule has 2 N–H and O–H groups in total. The fraction of sp³-hybridized carbons (Fsp3) is 0.444. The van der Waals surface area contributed by atoms with Crippen molar-refractivity contribution in [3.63, 3.8) is 0 Å². The van der Waals surface area contributed by atoms with Gasteiger partial charge in [-0.3, -0.25) is 9.59 Å². The Labute approximate surface area is 137 Å². The van der Waals surface area contributed by atoms with Crippen molar-refractivity contribution in [1.82, 2.24) is 5.32 Å². The van der Waals surface area contributed by atoms with E-state index in [0.29, 0.717) is 17.8 Å². The van der Waals surface area contributed by atoms with Crippen molar-refractivity contribution in [2.75, 3.05) is 18.5 Å². The van der Waals surface area contributed by atoms with Crippen molar-refractivity contribution >= 4 is 17.5 Å². The Bertz CT molecular complexity index is 568. The molecule has 0 aliphatic heterocycles. The van der Waals surface area contributed by atoms with Crippen molar-refractivity contribution in [2.24, 2.45) is 5.92 Å². The summed E-state index contributed by atoms with van der Waals surface area (Å²) in [6, 6.07) is 6.83. The van der Waals surface area contributed by atoms with Crippen LogP contribution in [0.25, 0.3) is 0 Å². The Hall–Kier alpha value is -2.14. The van der Waals surface area contributed by atoms with Gasteiger partial charge in [0, 0.05) is 30.8 Å². The molecule has 1 saturated carbocycles. The fourth-order valence-electron chi connectivity index (χ4n) is 2.85. The topological polar surface area (TPSA) is 69.6 Å². The predicted molar refractivity (Wildman–Crippen MR) is 90.3 cm³/mol. The predicted octanol–water partition coefficient (Wildman–Crippen LogP) is 2.12. The number of likely N-dealkylation sites (N-methyl/N-ethyl adjacent to an activating group) is 1. The number of hydrogen-bond acceptors (Lipinski definition) is 3. The van der Waals surface area contributed by atoms with E-state index in [9.17, 15) is 14.7 Å². The number of rotatable bonds is 5. The number of carbonyl (C=O) groups excluding carboxylic acids is 2. The van der Waals surface area contributed by atoms with Gasteiger partial charge in [-0.2, -0.15) is 0 Å². The Morgan fingerprint density at radius 2 is 1.96 bits per heavy atom. The largest absolute Gasteiger partial charge is 0.393 e. The second kappa shape index (κ2) is 7.92. The van der Waals surface area contributed by atoms with Crippen LogP contribution in [0.3, 0.4) is 0 Å². The van der Waals surface area contributed by atoms with Crippen LogP contribution in [-0.4, -0.2) is 36.6 Å². The molecule has 0 radical (unpaired) electrons. The van der Waals surface area contributed by atoms with Gasteiger partial charge in [0.2, 0.25) is 5.91 Å². The van der Waals surface area contributed by atoms with E-state index < -0.39 is 0 Å². The number of amides is 2. The first kappa shape index (κ1) is 17.2. The molecule has 1 aromatic rings. The number of hydrogen-bond donors (Lipinski definition) is 2. The van der Waals surface area contributed by atoms with E-state index in [4.69, 9.17) is 0 Å². The maximum atomic E-state index is 12.2. The van der Waals surface area contributed by atoms with Crippen molar-refractivity contribution in [3.05, 3.63) is 42.5 Å². The number of nitrogens with one attached hydrogen (secondary N) is 1. The van der Waals surface area contributed by atoms with Gasteiger partial charge < -0.3 is 15.3 Å². The van der Waals surface area contributed by atoms with Gasteiger partial charge in [0.1, 0.15) is 0 Å². The van der Waals surface area contributed by atoms with E-state index >= 15 is 0 Å². The lowest BCUT2D eigenvalue weighted by Crippen LogP contribution is -2.36. The van der Waals surface area contributed by atoms with Crippen LogP contribution in [0.4, 0.5) is 5.69 Å². The van der Waals surface area contributed by atoms with Gasteiger partial charge in [-0.25, -0.2) is 0 Å². The molecular weight excluding hydrogens is 292 g/mol. The number of benzene rings is 1. The maximum Gasteiger partial charge on any atom is 0.251 e. The second-order valence-electron chi connectivity index (χ2n) is 5.97. The van der Waals surface area contributed by atoms with E-state index in [1.807, 2.05) is 0 Å². The van der Waals surface area contributed by atoms with Crippen molar-refractivity contribution < 1.29 is 14.7 Å². The average Bonchev–Trinajstić information content (AvgIpc) is 2.59. The first-order valence-corrected chi connectivity index (χ1v) is 7.99. The normalized spacial score (nSPS) is 20.6. The molecule has 2 amide bonds. The van der Waals surface area contributed by atoms with Crippen LogP contribution >= 0.6 is 0 Å². The van der Waals surface area contributed by atoms with Gasteiger partial charge in [0.25, 0.3) is 5.91 Å². The van der Waals surface area contributed by atoms with E-state index in [0.717, 1.165) is 25.7 Å². The van der Waals surface area contributed by atoms with Gasteiger partial charge in [-0.1, -0.05) is 19.4 Å². The third-order valence-electron chi connectivity index (χ3n) is 4.42. The van der Waals surface area contributed by atoms with Crippen molar-refractivity contribution in [3.8, 4) is 0 Å². The summed E-state index contributed by atoms with van der Waals surface area (Å²) >= 11 is 0. The standard InChI is InChI=1S/C18H24N2O3/c1-3-17(22)20(2)15-10-8-13(9-11-15)18(23)19-12-14-6-4-5-7-16(14)21/h3,8-11,14,16,21H,1,4-7,12H2,2H3,(H,19,23)/t14-,16+/m0/s1. The molecule has 1 aliphatic rings. The summed E-state index contributed by atoms with van der Waals surface area (Å²) in [5.74, 6) is -0.219. The van der Waals surface area contributed by atoms with Gasteiger partial charge in [-0.05, 0) is 43.2 Å². The van der Waals surface area contributed by atoms with Gasteiger partial charge in [0.05, 0.1) is 6.10 Å². The zero-order valence-corrected chi connectivity index (χ0v) is 13.5. The molecule has 0 unspecified atom stereocenters. The van der Waals surface area contributed by atoms with E-state index in [1.165, 1.54) is 11.0 Å². The molecule has 5 heteroatoms. The van der Waals surface area contributed by atoms with Crippen LogP contribution in [0.1, 0.15) is 36.0 Å². The van der Waals surface area contributed by atoms with E-state index in [-0.39, 0.29) is 23.8 Å². The molecular formula is C18H24N2O3. The summed E-state index contributed by atoms with van der Waals surface area (Å²) in [5.41, 5.74) is 1.24. The fourth-order valence-corrected chi connectivity index (χ4v) is 2.85. The minimum atomic E-state index is -0.315. The SMILES string of the molecule is C=CC(=O)N(C)c1ccc(C(=O)NC[C@@H]2CCCC[C@H]2O)cc1. The minimum absolute atomic E-state index is 0.142. The molecule has 1 fully saturated rings. The summed E-state index contributed by atoms with van der Waals surface area (Å²) in [4.78, 5) is 25.2. The molecule has 0 spiro atoms. The minimum Gasteiger partial charge on any atom is -0.393 e. The summed E-state index contributed by atoms with van der Waals surface area (Å²) in [6.45, 7) is 3.95. The van der Waals surface area contributed by atoms with Crippen LogP contribution < -0.4 is 10.2 Å². The van der Waals surface area contributed by atoms with Crippen LogP contribution in [0, 0.1) is 5.92 Å².